The van der Waals surface area contributed by atoms with Crippen molar-refractivity contribution in [2.75, 3.05) is 19.6 Å². The molecular weight excluding hydrogens is 281 g/mol. The molecule has 2 nitrogen and oxygen atoms in total. The maximum Gasteiger partial charge on any atom is 0.165 e. The molecule has 19 heavy (non-hydrogen) atoms. The van der Waals surface area contributed by atoms with E-state index >= 15 is 0 Å². The minimum absolute atomic E-state index is 0.0751. The van der Waals surface area contributed by atoms with Crippen molar-refractivity contribution in [3.05, 3.63) is 33.8 Å². The lowest BCUT2D eigenvalue weighted by Crippen LogP contribution is -2.34. The summed E-state index contributed by atoms with van der Waals surface area (Å²) in [6.45, 7) is 5.29. The summed E-state index contributed by atoms with van der Waals surface area (Å²) in [6, 6.07) is 5.04. The molecule has 0 bridgehead atoms. The minimum atomic E-state index is 0.0751. The standard InChI is InChI=1S/C15H19Cl2NO/c1-11-4-7-18(8-5-11)9-6-15(19)13-10-12(16)2-3-14(13)17/h2-3,10-11H,4-9H2,1H3. The average molecular weight is 300 g/mol. The molecule has 1 heterocycles. The molecule has 4 heteroatoms. The summed E-state index contributed by atoms with van der Waals surface area (Å²) in [5.41, 5.74) is 0.541. The molecule has 0 amide bonds. The lowest BCUT2D eigenvalue weighted by Gasteiger charge is -2.29. The first-order chi connectivity index (χ1) is 9.06. The van der Waals surface area contributed by atoms with E-state index in [1.165, 1.54) is 12.8 Å². The lowest BCUT2D eigenvalue weighted by molar-refractivity contribution is 0.0953. The molecule has 0 aliphatic carbocycles. The largest absolute Gasteiger partial charge is 0.303 e. The zero-order valence-corrected chi connectivity index (χ0v) is 12.7. The fraction of sp³-hybridized carbons (Fsp3) is 0.533. The smallest absolute Gasteiger partial charge is 0.165 e. The predicted octanol–water partition coefficient (Wildman–Crippen LogP) is 4.30. The number of rotatable bonds is 4. The molecule has 2 rings (SSSR count). The number of ketones is 1. The van der Waals surface area contributed by atoms with Crippen LogP contribution in [0, 0.1) is 5.92 Å². The van der Waals surface area contributed by atoms with Crippen LogP contribution in [0.1, 0.15) is 36.5 Å². The van der Waals surface area contributed by atoms with Crippen LogP contribution >= 0.6 is 23.2 Å². The Morgan fingerprint density at radius 1 is 1.32 bits per heavy atom. The Balaban J connectivity index is 1.89. The molecule has 0 saturated carbocycles. The summed E-state index contributed by atoms with van der Waals surface area (Å²) < 4.78 is 0. The van der Waals surface area contributed by atoms with Crippen molar-refractivity contribution in [2.24, 2.45) is 5.92 Å². The van der Waals surface area contributed by atoms with Crippen LogP contribution < -0.4 is 0 Å². The zero-order chi connectivity index (χ0) is 13.8. The van der Waals surface area contributed by atoms with Crippen molar-refractivity contribution in [1.82, 2.24) is 4.90 Å². The molecule has 1 aromatic carbocycles. The second kappa shape index (κ2) is 6.74. The summed E-state index contributed by atoms with van der Waals surface area (Å²) in [4.78, 5) is 14.5. The third kappa shape index (κ3) is 4.20. The van der Waals surface area contributed by atoms with Gasteiger partial charge in [-0.05, 0) is 50.0 Å². The van der Waals surface area contributed by atoms with Gasteiger partial charge in [0.15, 0.2) is 5.78 Å². The van der Waals surface area contributed by atoms with Gasteiger partial charge in [0.25, 0.3) is 0 Å². The number of Topliss-reactive ketones (excluding diaryl/α,β-unsaturated/α-hetero) is 1. The molecule has 0 radical (unpaired) electrons. The van der Waals surface area contributed by atoms with Gasteiger partial charge in [-0.25, -0.2) is 0 Å². The highest BCUT2D eigenvalue weighted by molar-refractivity contribution is 6.35. The number of halogens is 2. The van der Waals surface area contributed by atoms with Crippen LogP contribution in [0.2, 0.25) is 10.0 Å². The third-order valence-electron chi connectivity index (χ3n) is 3.76. The number of piperidine rings is 1. The summed E-state index contributed by atoms with van der Waals surface area (Å²) in [5.74, 6) is 0.889. The highest BCUT2D eigenvalue weighted by atomic mass is 35.5. The van der Waals surface area contributed by atoms with Gasteiger partial charge in [-0.3, -0.25) is 4.79 Å². The molecule has 0 N–H and O–H groups in total. The molecule has 0 spiro atoms. The van der Waals surface area contributed by atoms with Crippen molar-refractivity contribution < 1.29 is 4.79 Å². The van der Waals surface area contributed by atoms with E-state index in [1.807, 2.05) is 0 Å². The molecule has 0 unspecified atom stereocenters. The fourth-order valence-electron chi connectivity index (χ4n) is 2.39. The van der Waals surface area contributed by atoms with Gasteiger partial charge in [0.05, 0.1) is 5.02 Å². The summed E-state index contributed by atoms with van der Waals surface area (Å²) in [6.07, 6.45) is 2.96. The van der Waals surface area contributed by atoms with Crippen molar-refractivity contribution in [3.8, 4) is 0 Å². The quantitative estimate of drug-likeness (QED) is 0.773. The Hall–Kier alpha value is -0.570. The van der Waals surface area contributed by atoms with Gasteiger partial charge in [-0.1, -0.05) is 30.1 Å². The number of carbonyl (C=O) groups excluding carboxylic acids is 1. The molecule has 0 aromatic heterocycles. The molecule has 1 aromatic rings. The summed E-state index contributed by atoms with van der Waals surface area (Å²) >= 11 is 11.9. The molecule has 1 saturated heterocycles. The highest BCUT2D eigenvalue weighted by Gasteiger charge is 2.17. The molecular formula is C15H19Cl2NO. The zero-order valence-electron chi connectivity index (χ0n) is 11.2. The van der Waals surface area contributed by atoms with E-state index < -0.39 is 0 Å². The maximum atomic E-state index is 12.2. The Kier molecular flexibility index (Phi) is 5.26. The van der Waals surface area contributed by atoms with Crippen LogP contribution in [0.5, 0.6) is 0 Å². The SMILES string of the molecule is CC1CCN(CCC(=O)c2cc(Cl)ccc2Cl)CC1. The second-order valence-corrected chi connectivity index (χ2v) is 6.17. The Morgan fingerprint density at radius 3 is 2.68 bits per heavy atom. The van der Waals surface area contributed by atoms with Crippen LogP contribution in [0.4, 0.5) is 0 Å². The van der Waals surface area contributed by atoms with E-state index in [0.29, 0.717) is 22.0 Å². The van der Waals surface area contributed by atoms with E-state index in [0.717, 1.165) is 25.6 Å². The normalized spacial score (nSPS) is 17.6. The monoisotopic (exact) mass is 299 g/mol. The molecule has 1 fully saturated rings. The highest BCUT2D eigenvalue weighted by Crippen LogP contribution is 2.22. The van der Waals surface area contributed by atoms with Crippen molar-refractivity contribution in [1.29, 1.82) is 0 Å². The van der Waals surface area contributed by atoms with E-state index in [2.05, 4.69) is 11.8 Å². The van der Waals surface area contributed by atoms with E-state index in [4.69, 9.17) is 23.2 Å². The second-order valence-electron chi connectivity index (χ2n) is 5.32. The Labute approximate surface area is 124 Å². The van der Waals surface area contributed by atoms with E-state index in [9.17, 15) is 4.79 Å². The molecule has 1 aliphatic heterocycles. The van der Waals surface area contributed by atoms with Crippen LogP contribution in [0.25, 0.3) is 0 Å². The maximum absolute atomic E-state index is 12.2. The Morgan fingerprint density at radius 2 is 2.00 bits per heavy atom. The van der Waals surface area contributed by atoms with Gasteiger partial charge >= 0.3 is 0 Å². The number of likely N-dealkylation sites (tertiary alicyclic amines) is 1. The number of hydrogen-bond donors (Lipinski definition) is 0. The Bertz CT molecular complexity index is 453. The van der Waals surface area contributed by atoms with Crippen molar-refractivity contribution >= 4 is 29.0 Å². The van der Waals surface area contributed by atoms with Gasteiger partial charge < -0.3 is 4.90 Å². The third-order valence-corrected chi connectivity index (χ3v) is 4.32. The predicted molar refractivity (Wildman–Crippen MR) is 80.2 cm³/mol. The molecule has 104 valence electrons. The van der Waals surface area contributed by atoms with Gasteiger partial charge in [0.1, 0.15) is 0 Å². The van der Waals surface area contributed by atoms with E-state index in [-0.39, 0.29) is 5.78 Å². The molecule has 0 atom stereocenters. The van der Waals surface area contributed by atoms with Gasteiger partial charge in [0.2, 0.25) is 0 Å². The molecule has 1 aliphatic rings. The fourth-order valence-corrected chi connectivity index (χ4v) is 2.79. The number of benzene rings is 1. The topological polar surface area (TPSA) is 20.3 Å². The first kappa shape index (κ1) is 14.8. The van der Waals surface area contributed by atoms with Gasteiger partial charge in [-0.15, -0.1) is 0 Å². The van der Waals surface area contributed by atoms with E-state index in [1.54, 1.807) is 18.2 Å². The number of carbonyl (C=O) groups is 1. The van der Waals surface area contributed by atoms with Crippen LogP contribution in [-0.4, -0.2) is 30.3 Å². The number of hydrogen-bond acceptors (Lipinski definition) is 2. The lowest BCUT2D eigenvalue weighted by atomic mass is 9.99. The summed E-state index contributed by atoms with van der Waals surface area (Å²) in [7, 11) is 0. The average Bonchev–Trinajstić information content (AvgIpc) is 2.40. The van der Waals surface area contributed by atoms with Crippen molar-refractivity contribution in [2.45, 2.75) is 26.2 Å². The number of nitrogens with zero attached hydrogens (tertiary/aromatic N) is 1. The van der Waals surface area contributed by atoms with Crippen LogP contribution in [-0.2, 0) is 0 Å². The van der Waals surface area contributed by atoms with Gasteiger partial charge in [-0.2, -0.15) is 0 Å². The first-order valence-electron chi connectivity index (χ1n) is 6.77. The van der Waals surface area contributed by atoms with Crippen LogP contribution in [0.3, 0.4) is 0 Å². The first-order valence-corrected chi connectivity index (χ1v) is 7.52. The minimum Gasteiger partial charge on any atom is -0.303 e. The van der Waals surface area contributed by atoms with Gasteiger partial charge in [0, 0.05) is 23.6 Å². The van der Waals surface area contributed by atoms with Crippen LogP contribution in [0.15, 0.2) is 18.2 Å². The summed E-state index contributed by atoms with van der Waals surface area (Å²) in [5, 5.41) is 1.04. The van der Waals surface area contributed by atoms with Crippen molar-refractivity contribution in [3.63, 3.8) is 0 Å².